The van der Waals surface area contributed by atoms with Crippen LogP contribution in [0.2, 0.25) is 0 Å². The Morgan fingerprint density at radius 2 is 2.05 bits per heavy atom. The highest BCUT2D eigenvalue weighted by Gasteiger charge is 2.25. The van der Waals surface area contributed by atoms with Crippen molar-refractivity contribution in [3.8, 4) is 0 Å². The summed E-state index contributed by atoms with van der Waals surface area (Å²) in [5, 5.41) is 0. The molecule has 2 rings (SSSR count). The third kappa shape index (κ3) is 3.01. The summed E-state index contributed by atoms with van der Waals surface area (Å²) in [6, 6.07) is 4.49. The molecule has 0 unspecified atom stereocenters. The van der Waals surface area contributed by atoms with Crippen LogP contribution in [0.1, 0.15) is 43.9 Å². The number of benzene rings is 1. The molecule has 1 heteroatoms. The van der Waals surface area contributed by atoms with Gasteiger partial charge in [-0.25, -0.2) is 0 Å². The monoisotopic (exact) mass is 310 g/mol. The van der Waals surface area contributed by atoms with Crippen LogP contribution < -0.4 is 0 Å². The molecule has 1 aromatic carbocycles. The Kier molecular flexibility index (Phi) is 5.18. The summed E-state index contributed by atoms with van der Waals surface area (Å²) in [6.07, 6.45) is 6.06. The molecule has 1 aromatic rings. The summed E-state index contributed by atoms with van der Waals surface area (Å²) in [6.45, 7) is 17.1. The summed E-state index contributed by atoms with van der Waals surface area (Å²) in [7, 11) is 0. The molecule has 0 saturated carbocycles. The fourth-order valence-electron chi connectivity index (χ4n) is 3.23. The van der Waals surface area contributed by atoms with E-state index in [9.17, 15) is 0 Å². The van der Waals surface area contributed by atoms with Crippen LogP contribution in [0, 0.1) is 12.8 Å². The van der Waals surface area contributed by atoms with Gasteiger partial charge in [-0.15, -0.1) is 12.6 Å². The molecule has 0 saturated heterocycles. The van der Waals surface area contributed by atoms with Gasteiger partial charge < -0.3 is 0 Å². The van der Waals surface area contributed by atoms with E-state index < -0.39 is 0 Å². The lowest BCUT2D eigenvalue weighted by molar-refractivity contribution is 0.784. The molecule has 0 nitrogen and oxygen atoms in total. The van der Waals surface area contributed by atoms with Gasteiger partial charge in [-0.05, 0) is 65.2 Å². The maximum atomic E-state index is 4.62. The zero-order valence-corrected chi connectivity index (χ0v) is 15.1. The first-order chi connectivity index (χ1) is 10.4. The molecule has 0 bridgehead atoms. The Morgan fingerprint density at radius 1 is 1.36 bits per heavy atom. The van der Waals surface area contributed by atoms with E-state index >= 15 is 0 Å². The van der Waals surface area contributed by atoms with Gasteiger partial charge in [0, 0.05) is 4.90 Å². The number of fused-ring (bicyclic) bond motifs is 1. The molecule has 116 valence electrons. The molecule has 0 aromatic heterocycles. The van der Waals surface area contributed by atoms with Crippen LogP contribution in [-0.2, 0) is 6.42 Å². The summed E-state index contributed by atoms with van der Waals surface area (Å²) in [4.78, 5) is 1.06. The predicted octanol–water partition coefficient (Wildman–Crippen LogP) is 6.33. The molecule has 1 aliphatic rings. The average Bonchev–Trinajstić information content (AvgIpc) is 2.81. The summed E-state index contributed by atoms with van der Waals surface area (Å²) >= 11 is 4.62. The highest BCUT2D eigenvalue weighted by Crippen LogP contribution is 2.43. The first-order valence-electron chi connectivity index (χ1n) is 7.97. The zero-order chi connectivity index (χ0) is 16.4. The van der Waals surface area contributed by atoms with Gasteiger partial charge in [0.15, 0.2) is 0 Å². The van der Waals surface area contributed by atoms with Gasteiger partial charge in [-0.3, -0.25) is 0 Å². The van der Waals surface area contributed by atoms with Crippen molar-refractivity contribution in [3.05, 3.63) is 70.9 Å². The molecule has 0 spiro atoms. The zero-order valence-electron chi connectivity index (χ0n) is 14.2. The van der Waals surface area contributed by atoms with Crippen molar-refractivity contribution in [2.45, 2.75) is 45.4 Å². The van der Waals surface area contributed by atoms with Crippen LogP contribution in [0.4, 0.5) is 0 Å². The molecular formula is C21H26S. The van der Waals surface area contributed by atoms with E-state index in [1.807, 2.05) is 6.08 Å². The number of rotatable bonds is 5. The van der Waals surface area contributed by atoms with Gasteiger partial charge in [-0.1, -0.05) is 57.7 Å². The van der Waals surface area contributed by atoms with Crippen molar-refractivity contribution in [1.29, 1.82) is 0 Å². The van der Waals surface area contributed by atoms with Crippen molar-refractivity contribution < 1.29 is 0 Å². The van der Waals surface area contributed by atoms with Crippen molar-refractivity contribution in [1.82, 2.24) is 0 Å². The van der Waals surface area contributed by atoms with Crippen molar-refractivity contribution in [2.75, 3.05) is 0 Å². The minimum Gasteiger partial charge on any atom is -0.143 e. The van der Waals surface area contributed by atoms with Crippen LogP contribution in [0.5, 0.6) is 0 Å². The molecule has 0 radical (unpaired) electrons. The van der Waals surface area contributed by atoms with Gasteiger partial charge in [0.2, 0.25) is 0 Å². The summed E-state index contributed by atoms with van der Waals surface area (Å²) in [5.74, 6) is 0.432. The lowest BCUT2D eigenvalue weighted by atomic mass is 9.86. The van der Waals surface area contributed by atoms with Gasteiger partial charge in [0.25, 0.3) is 0 Å². The van der Waals surface area contributed by atoms with Crippen molar-refractivity contribution in [3.63, 3.8) is 0 Å². The van der Waals surface area contributed by atoms with Gasteiger partial charge >= 0.3 is 0 Å². The molecule has 1 aliphatic carbocycles. The Balaban J connectivity index is 2.58. The summed E-state index contributed by atoms with van der Waals surface area (Å²) < 4.78 is 0. The quantitative estimate of drug-likeness (QED) is 0.477. The van der Waals surface area contributed by atoms with E-state index in [-0.39, 0.29) is 0 Å². The lowest BCUT2D eigenvalue weighted by Gasteiger charge is -2.18. The van der Waals surface area contributed by atoms with Crippen LogP contribution >= 0.6 is 12.6 Å². The van der Waals surface area contributed by atoms with Gasteiger partial charge in [0.1, 0.15) is 0 Å². The minimum absolute atomic E-state index is 0.432. The van der Waals surface area contributed by atoms with Crippen LogP contribution in [0.25, 0.3) is 5.57 Å². The van der Waals surface area contributed by atoms with Crippen molar-refractivity contribution >= 4 is 18.2 Å². The average molecular weight is 311 g/mol. The molecule has 0 N–H and O–H groups in total. The smallest absolute Gasteiger partial charge is 0.00756 e. The number of hydrogen-bond donors (Lipinski definition) is 1. The largest absolute Gasteiger partial charge is 0.143 e. The van der Waals surface area contributed by atoms with E-state index in [2.05, 4.69) is 71.7 Å². The molecule has 22 heavy (non-hydrogen) atoms. The van der Waals surface area contributed by atoms with Crippen molar-refractivity contribution in [2.24, 2.45) is 5.92 Å². The normalized spacial score (nSPS) is 14.5. The fourth-order valence-corrected chi connectivity index (χ4v) is 3.43. The number of hydrogen-bond acceptors (Lipinski definition) is 1. The molecule has 0 aliphatic heterocycles. The standard InChI is InChI=1S/C21H26S/c1-7-9-18(13(3)4)15(6)21-16(8-2)11-17-10-14(5)20(22)12-19(17)21/h7,9-10,12-13,22H,1,6,8,11H2,2-5H3/b18-9+. The van der Waals surface area contributed by atoms with Crippen LogP contribution in [-0.4, -0.2) is 0 Å². The maximum absolute atomic E-state index is 4.62. The predicted molar refractivity (Wildman–Crippen MR) is 102 cm³/mol. The highest BCUT2D eigenvalue weighted by molar-refractivity contribution is 7.80. The molecule has 0 fully saturated rings. The number of allylic oxidation sites excluding steroid dienone is 6. The van der Waals surface area contributed by atoms with E-state index in [4.69, 9.17) is 0 Å². The van der Waals surface area contributed by atoms with Gasteiger partial charge in [0.05, 0.1) is 0 Å². The highest BCUT2D eigenvalue weighted by atomic mass is 32.1. The first kappa shape index (κ1) is 16.9. The fraction of sp³-hybridized carbons (Fsp3) is 0.333. The van der Waals surface area contributed by atoms with Crippen LogP contribution in [0.15, 0.2) is 59.1 Å². The molecule has 0 amide bonds. The van der Waals surface area contributed by atoms with E-state index in [0.29, 0.717) is 5.92 Å². The number of aryl methyl sites for hydroxylation is 1. The molecular weight excluding hydrogens is 284 g/mol. The first-order valence-corrected chi connectivity index (χ1v) is 8.42. The lowest BCUT2D eigenvalue weighted by Crippen LogP contribution is -2.00. The van der Waals surface area contributed by atoms with Crippen LogP contribution in [0.3, 0.4) is 0 Å². The van der Waals surface area contributed by atoms with E-state index in [1.54, 1.807) is 0 Å². The third-order valence-electron chi connectivity index (χ3n) is 4.44. The Morgan fingerprint density at radius 3 is 2.59 bits per heavy atom. The second kappa shape index (κ2) is 6.75. The maximum Gasteiger partial charge on any atom is 0.00756 e. The molecule has 0 heterocycles. The van der Waals surface area contributed by atoms with E-state index in [0.717, 1.165) is 23.3 Å². The minimum atomic E-state index is 0.432. The SMILES string of the molecule is C=C/C=C(/C(=C)C1=C(CC)Cc2cc(C)c(S)cc21)C(C)C. The second-order valence-electron chi connectivity index (χ2n) is 6.30. The number of thiol groups is 1. The summed E-state index contributed by atoms with van der Waals surface area (Å²) in [5.41, 5.74) is 9.18. The third-order valence-corrected chi connectivity index (χ3v) is 4.93. The topological polar surface area (TPSA) is 0 Å². The molecule has 0 atom stereocenters. The Labute approximate surface area is 140 Å². The Bertz CT molecular complexity index is 684. The Hall–Kier alpha value is -1.47. The second-order valence-corrected chi connectivity index (χ2v) is 6.78. The van der Waals surface area contributed by atoms with Gasteiger partial charge in [-0.2, -0.15) is 0 Å². The van der Waals surface area contributed by atoms with E-state index in [1.165, 1.54) is 33.4 Å².